The number of carbonyl (C=O) groups excluding carboxylic acids is 1. The Morgan fingerprint density at radius 2 is 1.63 bits per heavy atom. The predicted octanol–water partition coefficient (Wildman–Crippen LogP) is 2.36. The standard InChI is InChI=1S/C21H25NO5/c23-16-8-6-14(7-9-16)12-17(20-18(24)10-11-19(20)25)22-21(26)27-13-15-4-2-1-3-5-15/h1-9,17-20,23-25H,10-13H2,(H,22,26)/t17-,18-,19-/m0/s1. The van der Waals surface area contributed by atoms with Gasteiger partial charge in [-0.05, 0) is 42.5 Å². The van der Waals surface area contributed by atoms with Crippen molar-refractivity contribution in [1.29, 1.82) is 0 Å². The average Bonchev–Trinajstić information content (AvgIpc) is 3.00. The van der Waals surface area contributed by atoms with E-state index in [4.69, 9.17) is 4.74 Å². The third-order valence-corrected chi connectivity index (χ3v) is 5.02. The summed E-state index contributed by atoms with van der Waals surface area (Å²) in [4.78, 5) is 12.3. The molecule has 0 heterocycles. The molecule has 0 aromatic heterocycles. The Bertz CT molecular complexity index is 724. The van der Waals surface area contributed by atoms with Crippen molar-refractivity contribution in [2.45, 2.75) is 44.1 Å². The highest BCUT2D eigenvalue weighted by Crippen LogP contribution is 2.31. The Morgan fingerprint density at radius 3 is 2.26 bits per heavy atom. The van der Waals surface area contributed by atoms with E-state index in [9.17, 15) is 20.1 Å². The van der Waals surface area contributed by atoms with E-state index in [1.54, 1.807) is 24.3 Å². The van der Waals surface area contributed by atoms with Crippen LogP contribution >= 0.6 is 0 Å². The van der Waals surface area contributed by atoms with Gasteiger partial charge < -0.3 is 25.4 Å². The number of aliphatic hydroxyl groups excluding tert-OH is 2. The molecule has 144 valence electrons. The van der Waals surface area contributed by atoms with Crippen molar-refractivity contribution < 1.29 is 24.9 Å². The lowest BCUT2D eigenvalue weighted by Gasteiger charge is -2.29. The second-order valence-corrected chi connectivity index (χ2v) is 6.97. The second-order valence-electron chi connectivity index (χ2n) is 6.97. The molecule has 6 nitrogen and oxygen atoms in total. The van der Waals surface area contributed by atoms with Crippen LogP contribution in [0.15, 0.2) is 54.6 Å². The van der Waals surface area contributed by atoms with Gasteiger partial charge in [0.05, 0.1) is 12.2 Å². The number of hydrogen-bond acceptors (Lipinski definition) is 5. The summed E-state index contributed by atoms with van der Waals surface area (Å²) in [6.07, 6.45) is -0.543. The maximum atomic E-state index is 12.3. The first-order valence-corrected chi connectivity index (χ1v) is 9.14. The summed E-state index contributed by atoms with van der Waals surface area (Å²) in [5.74, 6) is -0.311. The molecule has 27 heavy (non-hydrogen) atoms. The number of aliphatic hydroxyl groups is 2. The summed E-state index contributed by atoms with van der Waals surface area (Å²) in [7, 11) is 0. The van der Waals surface area contributed by atoms with Crippen molar-refractivity contribution in [1.82, 2.24) is 5.32 Å². The zero-order valence-electron chi connectivity index (χ0n) is 15.0. The number of amides is 1. The van der Waals surface area contributed by atoms with Crippen molar-refractivity contribution in [2.75, 3.05) is 0 Å². The van der Waals surface area contributed by atoms with Crippen molar-refractivity contribution in [2.24, 2.45) is 5.92 Å². The first-order chi connectivity index (χ1) is 13.0. The molecule has 1 fully saturated rings. The van der Waals surface area contributed by atoms with Crippen molar-refractivity contribution in [3.63, 3.8) is 0 Å². The van der Waals surface area contributed by atoms with E-state index < -0.39 is 30.3 Å². The lowest BCUT2D eigenvalue weighted by Crippen LogP contribution is -2.48. The number of hydrogen-bond donors (Lipinski definition) is 4. The predicted molar refractivity (Wildman–Crippen MR) is 100 cm³/mol. The minimum Gasteiger partial charge on any atom is -0.508 e. The number of ether oxygens (including phenoxy) is 1. The van der Waals surface area contributed by atoms with E-state index in [0.29, 0.717) is 19.3 Å². The molecule has 4 N–H and O–H groups in total. The molecule has 3 rings (SSSR count). The average molecular weight is 371 g/mol. The Balaban J connectivity index is 1.67. The van der Waals surface area contributed by atoms with Gasteiger partial charge in [0.15, 0.2) is 0 Å². The molecule has 1 amide bonds. The highest BCUT2D eigenvalue weighted by Gasteiger charge is 2.40. The molecule has 1 aliphatic rings. The summed E-state index contributed by atoms with van der Waals surface area (Å²) in [5, 5.41) is 32.8. The van der Waals surface area contributed by atoms with Crippen molar-refractivity contribution >= 4 is 6.09 Å². The van der Waals surface area contributed by atoms with Crippen LogP contribution in [0, 0.1) is 5.92 Å². The largest absolute Gasteiger partial charge is 0.508 e. The fourth-order valence-corrected chi connectivity index (χ4v) is 3.60. The van der Waals surface area contributed by atoms with Gasteiger partial charge in [-0.1, -0.05) is 42.5 Å². The van der Waals surface area contributed by atoms with Gasteiger partial charge in [0.1, 0.15) is 12.4 Å². The van der Waals surface area contributed by atoms with Crippen LogP contribution in [0.1, 0.15) is 24.0 Å². The molecule has 0 bridgehead atoms. The molecule has 0 radical (unpaired) electrons. The number of carbonyl (C=O) groups is 1. The maximum absolute atomic E-state index is 12.3. The van der Waals surface area contributed by atoms with Gasteiger partial charge in [-0.2, -0.15) is 0 Å². The van der Waals surface area contributed by atoms with E-state index >= 15 is 0 Å². The first-order valence-electron chi connectivity index (χ1n) is 9.14. The first kappa shape index (κ1) is 19.2. The van der Waals surface area contributed by atoms with Gasteiger partial charge >= 0.3 is 6.09 Å². The third kappa shape index (κ3) is 5.21. The number of phenolic OH excluding ortho intramolecular Hbond substituents is 1. The Hall–Kier alpha value is -2.57. The number of nitrogens with one attached hydrogen (secondary N) is 1. The molecule has 1 saturated carbocycles. The van der Waals surface area contributed by atoms with Crippen LogP contribution in [-0.4, -0.2) is 39.7 Å². The summed E-state index contributed by atoms with van der Waals surface area (Å²) in [6, 6.07) is 15.5. The molecule has 0 unspecified atom stereocenters. The molecule has 0 spiro atoms. The molecule has 0 aliphatic heterocycles. The van der Waals surface area contributed by atoms with Gasteiger partial charge in [-0.15, -0.1) is 0 Å². The van der Waals surface area contributed by atoms with E-state index in [1.807, 2.05) is 30.3 Å². The molecule has 6 heteroatoms. The van der Waals surface area contributed by atoms with Gasteiger partial charge in [-0.25, -0.2) is 4.79 Å². The van der Waals surface area contributed by atoms with Gasteiger partial charge in [0, 0.05) is 12.0 Å². The lowest BCUT2D eigenvalue weighted by atomic mass is 9.89. The molecule has 2 aromatic rings. The van der Waals surface area contributed by atoms with Crippen LogP contribution in [0.5, 0.6) is 5.75 Å². The van der Waals surface area contributed by atoms with Crippen molar-refractivity contribution in [3.8, 4) is 5.75 Å². The zero-order valence-corrected chi connectivity index (χ0v) is 15.0. The Kier molecular flexibility index (Phi) is 6.32. The van der Waals surface area contributed by atoms with Crippen molar-refractivity contribution in [3.05, 3.63) is 65.7 Å². The van der Waals surface area contributed by atoms with Gasteiger partial charge in [0.25, 0.3) is 0 Å². The number of aromatic hydroxyl groups is 1. The normalized spacial score (nSPS) is 21.0. The van der Waals surface area contributed by atoms with Crippen LogP contribution in [0.2, 0.25) is 0 Å². The lowest BCUT2D eigenvalue weighted by molar-refractivity contribution is 0.0395. The molecule has 0 saturated heterocycles. The second kappa shape index (κ2) is 8.88. The number of rotatable bonds is 6. The monoisotopic (exact) mass is 371 g/mol. The highest BCUT2D eigenvalue weighted by molar-refractivity contribution is 5.67. The van der Waals surface area contributed by atoms with Crippen LogP contribution in [-0.2, 0) is 17.8 Å². The van der Waals surface area contributed by atoms with E-state index in [2.05, 4.69) is 5.32 Å². The van der Waals surface area contributed by atoms with Crippen LogP contribution in [0.3, 0.4) is 0 Å². The summed E-state index contributed by atoms with van der Waals surface area (Å²) < 4.78 is 5.29. The highest BCUT2D eigenvalue weighted by atomic mass is 16.5. The minimum absolute atomic E-state index is 0.147. The molecular weight excluding hydrogens is 346 g/mol. The zero-order chi connectivity index (χ0) is 19.2. The Labute approximate surface area is 158 Å². The maximum Gasteiger partial charge on any atom is 0.407 e. The van der Waals surface area contributed by atoms with Crippen LogP contribution in [0.25, 0.3) is 0 Å². The Morgan fingerprint density at radius 1 is 1.00 bits per heavy atom. The van der Waals surface area contributed by atoms with Gasteiger partial charge in [-0.3, -0.25) is 0 Å². The smallest absolute Gasteiger partial charge is 0.407 e. The number of phenols is 1. The molecule has 3 atom stereocenters. The fourth-order valence-electron chi connectivity index (χ4n) is 3.60. The SMILES string of the molecule is O=C(N[C@@H](Cc1ccc(O)cc1)C1[C@@H](O)CC[C@@H]1O)OCc1ccccc1. The van der Waals surface area contributed by atoms with Gasteiger partial charge in [0.2, 0.25) is 0 Å². The van der Waals surface area contributed by atoms with E-state index in [-0.39, 0.29) is 12.4 Å². The topological polar surface area (TPSA) is 99.0 Å². The summed E-state index contributed by atoms with van der Waals surface area (Å²) in [5.41, 5.74) is 1.76. The van der Waals surface area contributed by atoms with Crippen LogP contribution < -0.4 is 5.32 Å². The molecule has 1 aliphatic carbocycles. The number of benzene rings is 2. The number of alkyl carbamates (subject to hydrolysis) is 1. The quantitative estimate of drug-likeness (QED) is 0.625. The third-order valence-electron chi connectivity index (χ3n) is 5.02. The minimum atomic E-state index is -0.684. The van der Waals surface area contributed by atoms with E-state index in [0.717, 1.165) is 11.1 Å². The summed E-state index contributed by atoms with van der Waals surface area (Å²) in [6.45, 7) is 0.147. The van der Waals surface area contributed by atoms with E-state index in [1.165, 1.54) is 0 Å². The van der Waals surface area contributed by atoms with Crippen LogP contribution in [0.4, 0.5) is 4.79 Å². The summed E-state index contributed by atoms with van der Waals surface area (Å²) >= 11 is 0. The molecular formula is C21H25NO5. The molecule has 2 aromatic carbocycles. The fraction of sp³-hybridized carbons (Fsp3) is 0.381.